The van der Waals surface area contributed by atoms with E-state index in [9.17, 15) is 15.0 Å². The van der Waals surface area contributed by atoms with Gasteiger partial charge in [0.15, 0.2) is 5.60 Å². The molecule has 4 rings (SSSR count). The Kier molecular flexibility index (Phi) is 8.28. The van der Waals surface area contributed by atoms with E-state index in [-0.39, 0.29) is 11.8 Å². The number of hydrogen-bond acceptors (Lipinski definition) is 4. The summed E-state index contributed by atoms with van der Waals surface area (Å²) >= 11 is 0. The maximum absolute atomic E-state index is 13.7. The topological polar surface area (TPSA) is 64.0 Å². The van der Waals surface area contributed by atoms with Crippen molar-refractivity contribution >= 4 is 5.91 Å². The normalized spacial score (nSPS) is 19.4. The molecule has 0 radical (unpaired) electrons. The number of carbonyl (C=O) groups is 1. The molecule has 1 atom stereocenters. The smallest absolute Gasteiger partial charge is 0.259 e. The predicted molar refractivity (Wildman–Crippen MR) is 136 cm³/mol. The fourth-order valence-electron chi connectivity index (χ4n) is 5.73. The van der Waals surface area contributed by atoms with Gasteiger partial charge in [-0.1, -0.05) is 55.3 Å². The fraction of sp³-hybridized carbons (Fsp3) is 0.552. The molecular formula is C29H40N2O3. The molecule has 5 heteroatoms. The van der Waals surface area contributed by atoms with E-state index in [0.29, 0.717) is 11.7 Å². The molecule has 2 aliphatic rings. The maximum atomic E-state index is 13.7. The number of amides is 1. The lowest BCUT2D eigenvalue weighted by Gasteiger charge is -2.40. The molecule has 0 spiro atoms. The lowest BCUT2D eigenvalue weighted by atomic mass is 9.78. The number of carbonyl (C=O) groups excluding carboxylic acids is 1. The highest BCUT2D eigenvalue weighted by molar-refractivity contribution is 5.87. The molecule has 2 fully saturated rings. The number of benzene rings is 2. The molecule has 5 nitrogen and oxygen atoms in total. The maximum Gasteiger partial charge on any atom is 0.259 e. The van der Waals surface area contributed by atoms with Crippen LogP contribution in [-0.4, -0.2) is 59.1 Å². The number of phenolic OH excluding ortho intramolecular Hbond substituents is 1. The lowest BCUT2D eigenvalue weighted by molar-refractivity contribution is -0.160. The van der Waals surface area contributed by atoms with E-state index >= 15 is 0 Å². The molecule has 1 aliphatic carbocycles. The Morgan fingerprint density at radius 3 is 2.26 bits per heavy atom. The van der Waals surface area contributed by atoms with Crippen LogP contribution >= 0.6 is 0 Å². The average molecular weight is 465 g/mol. The van der Waals surface area contributed by atoms with Gasteiger partial charge in [-0.05, 0) is 81.3 Å². The third kappa shape index (κ3) is 5.81. The van der Waals surface area contributed by atoms with Crippen molar-refractivity contribution in [3.05, 3.63) is 65.7 Å². The van der Waals surface area contributed by atoms with Crippen LogP contribution in [0.4, 0.5) is 0 Å². The second-order valence-corrected chi connectivity index (χ2v) is 10.4. The van der Waals surface area contributed by atoms with Crippen molar-refractivity contribution in [1.82, 2.24) is 9.80 Å². The molecular weight excluding hydrogens is 424 g/mol. The van der Waals surface area contributed by atoms with Crippen LogP contribution in [0.25, 0.3) is 0 Å². The van der Waals surface area contributed by atoms with Gasteiger partial charge in [-0.3, -0.25) is 4.79 Å². The van der Waals surface area contributed by atoms with Crippen LogP contribution in [0.1, 0.15) is 56.1 Å². The summed E-state index contributed by atoms with van der Waals surface area (Å²) in [6, 6.07) is 17.1. The standard InChI is InChI=1S/C29H40N2O3/c1-30(19-15-23-11-13-27(32)14-12-23)20-16-24-17-21-31(22-18-24)28(33)29(34,26-9-5-6-10-26)25-7-3-2-4-8-25/h2-4,7-8,11-14,24,26,32,34H,5-6,9-10,15-22H2,1H3. The highest BCUT2D eigenvalue weighted by atomic mass is 16.3. The SMILES string of the molecule is CN(CCc1ccc(O)cc1)CCC1CCN(C(=O)C(O)(c2ccccc2)C2CCCC2)CC1. The van der Waals surface area contributed by atoms with E-state index in [4.69, 9.17) is 0 Å². The number of likely N-dealkylation sites (tertiary alicyclic amines) is 1. The first-order valence-corrected chi connectivity index (χ1v) is 13.0. The van der Waals surface area contributed by atoms with E-state index in [1.54, 1.807) is 12.1 Å². The highest BCUT2D eigenvalue weighted by Crippen LogP contribution is 2.42. The van der Waals surface area contributed by atoms with E-state index in [2.05, 4.69) is 11.9 Å². The quantitative estimate of drug-likeness (QED) is 0.571. The number of phenols is 1. The van der Waals surface area contributed by atoms with Gasteiger partial charge in [0.2, 0.25) is 0 Å². The van der Waals surface area contributed by atoms with Gasteiger partial charge < -0.3 is 20.0 Å². The molecule has 2 aromatic rings. The molecule has 34 heavy (non-hydrogen) atoms. The van der Waals surface area contributed by atoms with Gasteiger partial charge in [-0.2, -0.15) is 0 Å². The van der Waals surface area contributed by atoms with Crippen LogP contribution in [0.15, 0.2) is 54.6 Å². The Hall–Kier alpha value is -2.37. The minimum absolute atomic E-state index is 0.0161. The molecule has 0 aromatic heterocycles. The summed E-state index contributed by atoms with van der Waals surface area (Å²) in [5, 5.41) is 21.2. The first-order valence-electron chi connectivity index (χ1n) is 13.0. The number of piperidine rings is 1. The molecule has 184 valence electrons. The second-order valence-electron chi connectivity index (χ2n) is 10.4. The summed E-state index contributed by atoms with van der Waals surface area (Å²) in [5.74, 6) is 0.862. The van der Waals surface area contributed by atoms with Crippen LogP contribution in [0, 0.1) is 11.8 Å². The van der Waals surface area contributed by atoms with Crippen molar-refractivity contribution in [2.45, 2.75) is 57.0 Å². The number of hydrogen-bond donors (Lipinski definition) is 2. The van der Waals surface area contributed by atoms with Gasteiger partial charge in [0.05, 0.1) is 0 Å². The summed E-state index contributed by atoms with van der Waals surface area (Å²) in [5.41, 5.74) is 0.605. The van der Waals surface area contributed by atoms with Crippen molar-refractivity contribution < 1.29 is 15.0 Å². The molecule has 2 aromatic carbocycles. The lowest BCUT2D eigenvalue weighted by Crippen LogP contribution is -2.53. The molecule has 1 amide bonds. The zero-order valence-electron chi connectivity index (χ0n) is 20.5. The number of aromatic hydroxyl groups is 1. The minimum Gasteiger partial charge on any atom is -0.508 e. The molecule has 0 bridgehead atoms. The number of aliphatic hydroxyl groups is 1. The zero-order valence-corrected chi connectivity index (χ0v) is 20.5. The molecule has 2 N–H and O–H groups in total. The minimum atomic E-state index is -1.39. The Balaban J connectivity index is 1.27. The Bertz CT molecular complexity index is 903. The average Bonchev–Trinajstić information content (AvgIpc) is 3.43. The monoisotopic (exact) mass is 464 g/mol. The van der Waals surface area contributed by atoms with Gasteiger partial charge in [0, 0.05) is 25.6 Å². The summed E-state index contributed by atoms with van der Waals surface area (Å²) in [4.78, 5) is 18.0. The van der Waals surface area contributed by atoms with Gasteiger partial charge >= 0.3 is 0 Å². The van der Waals surface area contributed by atoms with Gasteiger partial charge in [0.1, 0.15) is 5.75 Å². The van der Waals surface area contributed by atoms with Gasteiger partial charge in [-0.25, -0.2) is 0 Å². The Morgan fingerprint density at radius 2 is 1.62 bits per heavy atom. The first-order chi connectivity index (χ1) is 16.5. The van der Waals surface area contributed by atoms with E-state index in [0.717, 1.165) is 83.1 Å². The molecule has 1 heterocycles. The van der Waals surface area contributed by atoms with Crippen LogP contribution < -0.4 is 0 Å². The van der Waals surface area contributed by atoms with Gasteiger partial charge in [-0.15, -0.1) is 0 Å². The molecule has 1 unspecified atom stereocenters. The number of likely N-dealkylation sites (N-methyl/N-ethyl adjacent to an activating group) is 1. The van der Waals surface area contributed by atoms with E-state index < -0.39 is 5.60 Å². The zero-order chi connectivity index (χ0) is 24.0. The van der Waals surface area contributed by atoms with Crippen LogP contribution in [0.3, 0.4) is 0 Å². The Labute approximate surface area is 204 Å². The highest BCUT2D eigenvalue weighted by Gasteiger charge is 2.48. The first kappa shape index (κ1) is 24.7. The van der Waals surface area contributed by atoms with Crippen molar-refractivity contribution in [3.8, 4) is 5.75 Å². The summed E-state index contributed by atoms with van der Waals surface area (Å²) < 4.78 is 0. The fourth-order valence-corrected chi connectivity index (χ4v) is 5.73. The largest absolute Gasteiger partial charge is 0.508 e. The molecule has 1 saturated heterocycles. The van der Waals surface area contributed by atoms with Crippen molar-refractivity contribution in [2.24, 2.45) is 11.8 Å². The Morgan fingerprint density at radius 1 is 0.971 bits per heavy atom. The third-order valence-electron chi connectivity index (χ3n) is 8.03. The van der Waals surface area contributed by atoms with Gasteiger partial charge in [0.25, 0.3) is 5.91 Å². The van der Waals surface area contributed by atoms with E-state index in [1.165, 1.54) is 5.56 Å². The van der Waals surface area contributed by atoms with Crippen LogP contribution in [0.5, 0.6) is 5.75 Å². The van der Waals surface area contributed by atoms with E-state index in [1.807, 2.05) is 47.4 Å². The molecule has 1 saturated carbocycles. The second kappa shape index (κ2) is 11.4. The third-order valence-corrected chi connectivity index (χ3v) is 8.03. The number of rotatable bonds is 9. The van der Waals surface area contributed by atoms with Crippen LogP contribution in [0.2, 0.25) is 0 Å². The summed E-state index contributed by atoms with van der Waals surface area (Å²) in [6.07, 6.45) is 8.15. The summed E-state index contributed by atoms with van der Waals surface area (Å²) in [7, 11) is 2.17. The predicted octanol–water partition coefficient (Wildman–Crippen LogP) is 4.57. The molecule has 1 aliphatic heterocycles. The van der Waals surface area contributed by atoms with Crippen molar-refractivity contribution in [3.63, 3.8) is 0 Å². The number of nitrogens with zero attached hydrogens (tertiary/aromatic N) is 2. The van der Waals surface area contributed by atoms with Crippen LogP contribution in [-0.2, 0) is 16.8 Å². The van der Waals surface area contributed by atoms with Crippen molar-refractivity contribution in [2.75, 3.05) is 33.2 Å². The van der Waals surface area contributed by atoms with Crippen molar-refractivity contribution in [1.29, 1.82) is 0 Å². The summed E-state index contributed by atoms with van der Waals surface area (Å²) in [6.45, 7) is 3.52.